The molecule has 7 heteroatoms. The minimum Gasteiger partial charge on any atom is -0.454 e. The van der Waals surface area contributed by atoms with Gasteiger partial charge in [-0.25, -0.2) is 0 Å². The normalized spacial score (nSPS) is 12.4. The number of hydrogen-bond donors (Lipinski definition) is 1. The van der Waals surface area contributed by atoms with E-state index < -0.39 is 5.91 Å². The average Bonchev–Trinajstić information content (AvgIpc) is 3.12. The molecule has 7 nitrogen and oxygen atoms in total. The van der Waals surface area contributed by atoms with E-state index in [2.05, 4.69) is 10.4 Å². The summed E-state index contributed by atoms with van der Waals surface area (Å²) >= 11 is 0. The predicted molar refractivity (Wildman–Crippen MR) is 100 cm³/mol. The Balaban J connectivity index is 1.50. The summed E-state index contributed by atoms with van der Waals surface area (Å²) in [7, 11) is 1.72. The van der Waals surface area contributed by atoms with Gasteiger partial charge in [-0.1, -0.05) is 17.7 Å². The van der Waals surface area contributed by atoms with Crippen LogP contribution in [0.3, 0.4) is 0 Å². The van der Waals surface area contributed by atoms with Gasteiger partial charge in [-0.15, -0.1) is 0 Å². The molecule has 0 radical (unpaired) electrons. The molecule has 1 N–H and O–H groups in total. The SMILES string of the molecule is Cc1ccc2c(c1)c(=O)c(C(=O)NCCc1ccc3c(c1)OCO3)nn2C. The van der Waals surface area contributed by atoms with Crippen molar-refractivity contribution in [2.24, 2.45) is 7.05 Å². The maximum absolute atomic E-state index is 12.7. The highest BCUT2D eigenvalue weighted by Gasteiger charge is 2.17. The minimum atomic E-state index is -0.472. The molecular weight excluding hydrogens is 346 g/mol. The van der Waals surface area contributed by atoms with Crippen molar-refractivity contribution in [3.8, 4) is 11.5 Å². The molecule has 138 valence electrons. The summed E-state index contributed by atoms with van der Waals surface area (Å²) in [6.45, 7) is 2.52. The van der Waals surface area contributed by atoms with Crippen LogP contribution in [0.25, 0.3) is 10.9 Å². The zero-order valence-electron chi connectivity index (χ0n) is 15.1. The van der Waals surface area contributed by atoms with Crippen molar-refractivity contribution in [1.29, 1.82) is 0 Å². The second-order valence-electron chi connectivity index (χ2n) is 6.52. The van der Waals surface area contributed by atoms with Crippen LogP contribution in [0.1, 0.15) is 21.6 Å². The number of carbonyl (C=O) groups excluding carboxylic acids is 1. The molecule has 1 aromatic heterocycles. The maximum Gasteiger partial charge on any atom is 0.275 e. The summed E-state index contributed by atoms with van der Waals surface area (Å²) in [5, 5.41) is 7.43. The Kier molecular flexibility index (Phi) is 4.27. The van der Waals surface area contributed by atoms with Crippen molar-refractivity contribution >= 4 is 16.8 Å². The molecule has 3 aromatic rings. The molecule has 0 bridgehead atoms. The van der Waals surface area contributed by atoms with Crippen LogP contribution >= 0.6 is 0 Å². The summed E-state index contributed by atoms with van der Waals surface area (Å²) < 4.78 is 12.2. The van der Waals surface area contributed by atoms with Gasteiger partial charge in [0.25, 0.3) is 5.91 Å². The fourth-order valence-corrected chi connectivity index (χ4v) is 3.14. The highest BCUT2D eigenvalue weighted by molar-refractivity contribution is 5.95. The Morgan fingerprint density at radius 1 is 1.19 bits per heavy atom. The number of ether oxygens (including phenoxy) is 2. The molecule has 2 aromatic carbocycles. The maximum atomic E-state index is 12.7. The van der Waals surface area contributed by atoms with E-state index in [1.54, 1.807) is 17.8 Å². The molecule has 2 heterocycles. The van der Waals surface area contributed by atoms with E-state index in [9.17, 15) is 9.59 Å². The van der Waals surface area contributed by atoms with Gasteiger partial charge in [0.05, 0.1) is 10.9 Å². The Bertz CT molecular complexity index is 1100. The van der Waals surface area contributed by atoms with Crippen LogP contribution in [0.5, 0.6) is 11.5 Å². The second kappa shape index (κ2) is 6.75. The molecule has 0 spiro atoms. The molecule has 1 aliphatic heterocycles. The van der Waals surface area contributed by atoms with Crippen LogP contribution in [-0.4, -0.2) is 29.0 Å². The number of carbonyl (C=O) groups is 1. The summed E-state index contributed by atoms with van der Waals surface area (Å²) in [5.74, 6) is 0.959. The lowest BCUT2D eigenvalue weighted by Crippen LogP contribution is -2.33. The molecule has 0 fully saturated rings. The Labute approximate surface area is 155 Å². The van der Waals surface area contributed by atoms with Gasteiger partial charge >= 0.3 is 0 Å². The van der Waals surface area contributed by atoms with E-state index >= 15 is 0 Å². The molecule has 4 rings (SSSR count). The van der Waals surface area contributed by atoms with Crippen molar-refractivity contribution in [3.05, 3.63) is 63.4 Å². The lowest BCUT2D eigenvalue weighted by Gasteiger charge is -2.09. The Morgan fingerprint density at radius 3 is 2.85 bits per heavy atom. The lowest BCUT2D eigenvalue weighted by atomic mass is 10.1. The van der Waals surface area contributed by atoms with Crippen LogP contribution in [0.4, 0.5) is 0 Å². The summed E-state index contributed by atoms with van der Waals surface area (Å²) in [5.41, 5.74) is 2.21. The molecule has 0 aliphatic carbocycles. The first-order chi connectivity index (χ1) is 13.0. The number of benzene rings is 2. The van der Waals surface area contributed by atoms with Crippen LogP contribution in [0.2, 0.25) is 0 Å². The largest absolute Gasteiger partial charge is 0.454 e. The quantitative estimate of drug-likeness (QED) is 0.764. The van der Waals surface area contributed by atoms with Gasteiger partial charge in [-0.3, -0.25) is 14.3 Å². The van der Waals surface area contributed by atoms with E-state index in [4.69, 9.17) is 9.47 Å². The second-order valence-corrected chi connectivity index (χ2v) is 6.52. The molecular formula is C20H19N3O4. The van der Waals surface area contributed by atoms with Crippen molar-refractivity contribution in [2.75, 3.05) is 13.3 Å². The number of nitrogens with one attached hydrogen (secondary N) is 1. The fraction of sp³-hybridized carbons (Fsp3) is 0.250. The predicted octanol–water partition coefficient (Wildman–Crippen LogP) is 1.94. The fourth-order valence-electron chi connectivity index (χ4n) is 3.14. The highest BCUT2D eigenvalue weighted by Crippen LogP contribution is 2.32. The summed E-state index contributed by atoms with van der Waals surface area (Å²) in [4.78, 5) is 25.2. The highest BCUT2D eigenvalue weighted by atomic mass is 16.7. The molecule has 0 unspecified atom stereocenters. The van der Waals surface area contributed by atoms with Gasteiger partial charge in [-0.05, 0) is 43.2 Å². The number of nitrogens with zero attached hydrogens (tertiary/aromatic N) is 2. The van der Waals surface area contributed by atoms with Gasteiger partial charge in [0.2, 0.25) is 12.2 Å². The first-order valence-corrected chi connectivity index (χ1v) is 8.67. The Morgan fingerprint density at radius 2 is 2.00 bits per heavy atom. The number of aryl methyl sites for hydroxylation is 2. The molecule has 27 heavy (non-hydrogen) atoms. The van der Waals surface area contributed by atoms with Crippen molar-refractivity contribution in [1.82, 2.24) is 15.1 Å². The molecule has 0 saturated carbocycles. The smallest absolute Gasteiger partial charge is 0.275 e. The van der Waals surface area contributed by atoms with E-state index in [-0.39, 0.29) is 17.9 Å². The van der Waals surface area contributed by atoms with Gasteiger partial charge < -0.3 is 14.8 Å². The molecule has 1 amide bonds. The van der Waals surface area contributed by atoms with Crippen molar-refractivity contribution < 1.29 is 14.3 Å². The minimum absolute atomic E-state index is 0.0960. The monoisotopic (exact) mass is 365 g/mol. The van der Waals surface area contributed by atoms with Crippen LogP contribution < -0.4 is 20.2 Å². The standard InChI is InChI=1S/C20H19N3O4/c1-12-3-5-15-14(9-12)19(24)18(22-23(15)2)20(25)21-8-7-13-4-6-16-17(10-13)27-11-26-16/h3-6,9-10H,7-8,11H2,1-2H3,(H,21,25). The van der Waals surface area contributed by atoms with Crippen molar-refractivity contribution in [2.45, 2.75) is 13.3 Å². The number of amides is 1. The van der Waals surface area contributed by atoms with Crippen molar-refractivity contribution in [3.63, 3.8) is 0 Å². The van der Waals surface area contributed by atoms with E-state index in [0.29, 0.717) is 29.6 Å². The number of fused-ring (bicyclic) bond motifs is 2. The van der Waals surface area contributed by atoms with Gasteiger partial charge in [0, 0.05) is 13.6 Å². The van der Waals surface area contributed by atoms with E-state index in [0.717, 1.165) is 16.9 Å². The van der Waals surface area contributed by atoms with Crippen LogP contribution in [0.15, 0.2) is 41.2 Å². The first kappa shape index (κ1) is 17.1. The van der Waals surface area contributed by atoms with Gasteiger partial charge in [0.15, 0.2) is 17.2 Å². The van der Waals surface area contributed by atoms with Crippen LogP contribution in [-0.2, 0) is 13.5 Å². The Hall–Kier alpha value is -3.35. The zero-order valence-corrected chi connectivity index (χ0v) is 15.1. The lowest BCUT2D eigenvalue weighted by molar-refractivity contribution is 0.0946. The topological polar surface area (TPSA) is 82.5 Å². The van der Waals surface area contributed by atoms with Gasteiger partial charge in [0.1, 0.15) is 0 Å². The van der Waals surface area contributed by atoms with Crippen LogP contribution in [0, 0.1) is 6.92 Å². The summed E-state index contributed by atoms with van der Waals surface area (Å²) in [6, 6.07) is 11.2. The number of aromatic nitrogens is 2. The number of rotatable bonds is 4. The van der Waals surface area contributed by atoms with Gasteiger partial charge in [-0.2, -0.15) is 5.10 Å². The summed E-state index contributed by atoms with van der Waals surface area (Å²) in [6.07, 6.45) is 0.607. The molecule has 1 aliphatic rings. The third-order valence-electron chi connectivity index (χ3n) is 4.56. The third kappa shape index (κ3) is 3.23. The molecule has 0 atom stereocenters. The van der Waals surface area contributed by atoms with E-state index in [1.165, 1.54) is 0 Å². The first-order valence-electron chi connectivity index (χ1n) is 8.67. The number of hydrogen-bond acceptors (Lipinski definition) is 5. The van der Waals surface area contributed by atoms with E-state index in [1.807, 2.05) is 37.3 Å². The third-order valence-corrected chi connectivity index (χ3v) is 4.56. The zero-order chi connectivity index (χ0) is 19.0. The average molecular weight is 365 g/mol. The molecule has 0 saturated heterocycles.